The lowest BCUT2D eigenvalue weighted by molar-refractivity contribution is -0.246. The Balaban J connectivity index is 2.12. The van der Waals surface area contributed by atoms with E-state index in [0.29, 0.717) is 6.61 Å². The number of hydrogen-bond donors (Lipinski definition) is 1. The molecule has 0 aromatic heterocycles. The van der Waals surface area contributed by atoms with E-state index in [0.717, 1.165) is 6.42 Å². The second-order valence-corrected chi connectivity index (χ2v) is 3.36. The van der Waals surface area contributed by atoms with E-state index in [4.69, 9.17) is 14.2 Å². The van der Waals surface area contributed by atoms with Crippen LogP contribution in [0.2, 0.25) is 0 Å². The van der Waals surface area contributed by atoms with Crippen molar-refractivity contribution in [3.05, 3.63) is 0 Å². The van der Waals surface area contributed by atoms with Gasteiger partial charge in [0, 0.05) is 7.11 Å². The molecule has 70 valence electrons. The smallest absolute Gasteiger partial charge is 0.186 e. The minimum absolute atomic E-state index is 0.188. The summed E-state index contributed by atoms with van der Waals surface area (Å²) >= 11 is 0. The molecule has 0 unspecified atom stereocenters. The van der Waals surface area contributed by atoms with Gasteiger partial charge in [-0.1, -0.05) is 6.92 Å². The third-order valence-corrected chi connectivity index (χ3v) is 2.80. The summed E-state index contributed by atoms with van der Waals surface area (Å²) in [5.74, 6) is 0. The summed E-state index contributed by atoms with van der Waals surface area (Å²) in [6.45, 7) is 2.60. The Hall–Kier alpha value is -0.160. The van der Waals surface area contributed by atoms with Crippen molar-refractivity contribution in [2.75, 3.05) is 13.7 Å². The molecule has 4 atom stereocenters. The topological polar surface area (TPSA) is 47.9 Å². The van der Waals surface area contributed by atoms with Crippen molar-refractivity contribution in [2.24, 2.45) is 0 Å². The minimum Gasteiger partial charge on any atom is -0.385 e. The summed E-state index contributed by atoms with van der Waals surface area (Å²) in [4.78, 5) is 0. The molecule has 2 rings (SSSR count). The van der Waals surface area contributed by atoms with Crippen LogP contribution in [-0.4, -0.2) is 42.9 Å². The molecule has 0 amide bonds. The fraction of sp³-hybridized carbons (Fsp3) is 1.00. The van der Waals surface area contributed by atoms with Crippen LogP contribution < -0.4 is 0 Å². The maximum atomic E-state index is 9.60. The molecule has 1 N–H and O–H groups in total. The molecule has 12 heavy (non-hydrogen) atoms. The monoisotopic (exact) mass is 174 g/mol. The molecule has 4 nitrogen and oxygen atoms in total. The lowest BCUT2D eigenvalue weighted by atomic mass is 9.88. The third kappa shape index (κ3) is 0.864. The zero-order chi connectivity index (χ0) is 8.77. The molecule has 2 fully saturated rings. The quantitative estimate of drug-likeness (QED) is 0.635. The summed E-state index contributed by atoms with van der Waals surface area (Å²) in [6.07, 6.45) is -0.484. The van der Waals surface area contributed by atoms with Gasteiger partial charge in [-0.15, -0.1) is 0 Å². The molecule has 2 heterocycles. The van der Waals surface area contributed by atoms with E-state index in [1.54, 1.807) is 0 Å². The number of ether oxygens (including phenoxy) is 3. The van der Waals surface area contributed by atoms with E-state index in [-0.39, 0.29) is 11.7 Å². The standard InChI is InChI=1S/C8H14O4/c1-3-8-4-11-6(8)5(9)7(10-2)12-8/h5-7,9H,3-4H2,1-2H3/t5-,6+,7-,8+/m1/s1. The summed E-state index contributed by atoms with van der Waals surface area (Å²) < 4.78 is 15.8. The third-order valence-electron chi connectivity index (χ3n) is 2.80. The van der Waals surface area contributed by atoms with Crippen LogP contribution in [0.5, 0.6) is 0 Å². The van der Waals surface area contributed by atoms with Crippen LogP contribution in [0.4, 0.5) is 0 Å². The molecular formula is C8H14O4. The van der Waals surface area contributed by atoms with Gasteiger partial charge in [-0.05, 0) is 6.42 Å². The minimum atomic E-state index is -0.635. The Labute approximate surface area is 71.4 Å². The zero-order valence-corrected chi connectivity index (χ0v) is 7.32. The number of aliphatic hydroxyl groups excluding tert-OH is 1. The number of methoxy groups -OCH3 is 1. The van der Waals surface area contributed by atoms with Crippen molar-refractivity contribution < 1.29 is 19.3 Å². The number of fused-ring (bicyclic) bond motifs is 1. The number of hydrogen-bond acceptors (Lipinski definition) is 4. The lowest BCUT2D eigenvalue weighted by Gasteiger charge is -2.42. The number of rotatable bonds is 2. The van der Waals surface area contributed by atoms with E-state index in [1.807, 2.05) is 6.92 Å². The van der Waals surface area contributed by atoms with E-state index in [2.05, 4.69) is 0 Å². The first-order chi connectivity index (χ1) is 5.73. The van der Waals surface area contributed by atoms with Crippen LogP contribution in [0.15, 0.2) is 0 Å². The van der Waals surface area contributed by atoms with Gasteiger partial charge in [0.15, 0.2) is 6.29 Å². The molecule has 0 aromatic rings. The Morgan fingerprint density at radius 3 is 2.75 bits per heavy atom. The highest BCUT2D eigenvalue weighted by Crippen LogP contribution is 2.43. The summed E-state index contributed by atoms with van der Waals surface area (Å²) in [5.41, 5.74) is -0.278. The maximum Gasteiger partial charge on any atom is 0.186 e. The van der Waals surface area contributed by atoms with Crippen molar-refractivity contribution in [3.8, 4) is 0 Å². The highest BCUT2D eigenvalue weighted by Gasteiger charge is 2.61. The molecule has 0 saturated carbocycles. The summed E-state index contributed by atoms with van der Waals surface area (Å²) in [5, 5.41) is 9.60. The fourth-order valence-corrected chi connectivity index (χ4v) is 1.89. The van der Waals surface area contributed by atoms with Crippen LogP contribution in [0.3, 0.4) is 0 Å². The highest BCUT2D eigenvalue weighted by molar-refractivity contribution is 5.06. The van der Waals surface area contributed by atoms with Gasteiger partial charge in [0.25, 0.3) is 0 Å². The molecule has 2 aliphatic rings. The Bertz CT molecular complexity index is 180. The van der Waals surface area contributed by atoms with Crippen LogP contribution in [-0.2, 0) is 14.2 Å². The van der Waals surface area contributed by atoms with Gasteiger partial charge in [0.2, 0.25) is 0 Å². The summed E-state index contributed by atoms with van der Waals surface area (Å²) in [7, 11) is 1.53. The van der Waals surface area contributed by atoms with Crippen molar-refractivity contribution in [1.82, 2.24) is 0 Å². The van der Waals surface area contributed by atoms with E-state index in [1.165, 1.54) is 7.11 Å². The van der Waals surface area contributed by atoms with Crippen LogP contribution in [0.1, 0.15) is 13.3 Å². The molecule has 0 aliphatic carbocycles. The molecule has 0 aromatic carbocycles. The average molecular weight is 174 g/mol. The molecule has 0 spiro atoms. The highest BCUT2D eigenvalue weighted by atomic mass is 16.7. The second-order valence-electron chi connectivity index (χ2n) is 3.36. The van der Waals surface area contributed by atoms with Crippen molar-refractivity contribution in [2.45, 2.75) is 37.4 Å². The fourth-order valence-electron chi connectivity index (χ4n) is 1.89. The van der Waals surface area contributed by atoms with E-state index in [9.17, 15) is 5.11 Å². The molecule has 4 heteroatoms. The van der Waals surface area contributed by atoms with Crippen LogP contribution in [0, 0.1) is 0 Å². The molecule has 0 radical (unpaired) electrons. The second kappa shape index (κ2) is 2.67. The predicted molar refractivity (Wildman–Crippen MR) is 40.7 cm³/mol. The van der Waals surface area contributed by atoms with Crippen LogP contribution >= 0.6 is 0 Å². The average Bonchev–Trinajstić information content (AvgIpc) is 2.21. The number of aliphatic hydroxyl groups is 1. The van der Waals surface area contributed by atoms with E-state index < -0.39 is 12.4 Å². The van der Waals surface area contributed by atoms with Crippen molar-refractivity contribution in [3.63, 3.8) is 0 Å². The predicted octanol–water partition coefficient (Wildman–Crippen LogP) is -0.102. The molecular weight excluding hydrogens is 160 g/mol. The Kier molecular flexibility index (Phi) is 1.88. The van der Waals surface area contributed by atoms with Gasteiger partial charge in [0.1, 0.15) is 17.8 Å². The van der Waals surface area contributed by atoms with E-state index >= 15 is 0 Å². The lowest BCUT2D eigenvalue weighted by Crippen LogP contribution is -2.58. The maximum absolute atomic E-state index is 9.60. The van der Waals surface area contributed by atoms with Crippen LogP contribution in [0.25, 0.3) is 0 Å². The van der Waals surface area contributed by atoms with Crippen molar-refractivity contribution >= 4 is 0 Å². The molecule has 0 bridgehead atoms. The van der Waals surface area contributed by atoms with Gasteiger partial charge in [-0.2, -0.15) is 0 Å². The van der Waals surface area contributed by atoms with Crippen molar-refractivity contribution in [1.29, 1.82) is 0 Å². The normalized spacial score (nSPS) is 51.8. The van der Waals surface area contributed by atoms with Gasteiger partial charge in [0.05, 0.1) is 6.61 Å². The molecule has 2 saturated heterocycles. The van der Waals surface area contributed by atoms with Gasteiger partial charge in [-0.3, -0.25) is 0 Å². The Morgan fingerprint density at radius 1 is 1.67 bits per heavy atom. The Morgan fingerprint density at radius 2 is 2.42 bits per heavy atom. The summed E-state index contributed by atoms with van der Waals surface area (Å²) in [6, 6.07) is 0. The van der Waals surface area contributed by atoms with Gasteiger partial charge in [-0.25, -0.2) is 0 Å². The SMILES string of the molecule is CC[C@]12CO[C@H]1[C@@H](O)[C@H](OC)O2. The zero-order valence-electron chi connectivity index (χ0n) is 7.32. The van der Waals surface area contributed by atoms with Gasteiger partial charge < -0.3 is 19.3 Å². The first-order valence-electron chi connectivity index (χ1n) is 4.24. The molecule has 2 aliphatic heterocycles. The van der Waals surface area contributed by atoms with Gasteiger partial charge >= 0.3 is 0 Å². The first kappa shape index (κ1) is 8.44. The first-order valence-corrected chi connectivity index (χ1v) is 4.24. The largest absolute Gasteiger partial charge is 0.385 e.